The van der Waals surface area contributed by atoms with Gasteiger partial charge in [0.05, 0.1) is 0 Å². The van der Waals surface area contributed by atoms with Gasteiger partial charge in [0.15, 0.2) is 6.61 Å². The maximum absolute atomic E-state index is 12.0. The number of carbonyl (C=O) groups excluding carboxylic acids is 1. The summed E-state index contributed by atoms with van der Waals surface area (Å²) in [5.41, 5.74) is 1.12. The number of fused-ring (bicyclic) bond motifs is 1. The van der Waals surface area contributed by atoms with Crippen LogP contribution in [0.2, 0.25) is 0 Å². The van der Waals surface area contributed by atoms with Crippen LogP contribution in [-0.4, -0.2) is 18.6 Å². The third-order valence-electron chi connectivity index (χ3n) is 4.66. The third-order valence-corrected chi connectivity index (χ3v) is 4.66. The highest BCUT2D eigenvalue weighted by atomic mass is 16.5. The van der Waals surface area contributed by atoms with Gasteiger partial charge >= 0.3 is 5.63 Å². The minimum absolute atomic E-state index is 0.0269. The lowest BCUT2D eigenvalue weighted by molar-refractivity contribution is -0.124. The molecule has 3 rings (SSSR count). The molecule has 0 radical (unpaired) electrons. The standard InChI is InChI=1S/C20H25NO4/c1-2-6-14-11-20(23)25-18-12-16(9-10-17(14)18)24-13-19(22)21-15-7-4-3-5-8-15/h9-12,15H,2-8,13H2,1H3,(H,21,22). The quantitative estimate of drug-likeness (QED) is 0.814. The zero-order valence-electron chi connectivity index (χ0n) is 14.7. The molecule has 0 spiro atoms. The van der Waals surface area contributed by atoms with E-state index in [1.807, 2.05) is 12.1 Å². The van der Waals surface area contributed by atoms with Crippen LogP contribution >= 0.6 is 0 Å². The molecule has 1 aliphatic carbocycles. The van der Waals surface area contributed by atoms with E-state index >= 15 is 0 Å². The second kappa shape index (κ2) is 8.19. The SMILES string of the molecule is CCCc1cc(=O)oc2cc(OCC(=O)NC3CCCCC3)ccc12. The van der Waals surface area contributed by atoms with E-state index in [0.717, 1.165) is 36.6 Å². The van der Waals surface area contributed by atoms with E-state index in [-0.39, 0.29) is 24.2 Å². The summed E-state index contributed by atoms with van der Waals surface area (Å²) < 4.78 is 10.9. The first kappa shape index (κ1) is 17.5. The first-order valence-electron chi connectivity index (χ1n) is 9.14. The Kier molecular flexibility index (Phi) is 5.74. The van der Waals surface area contributed by atoms with Gasteiger partial charge in [-0.15, -0.1) is 0 Å². The molecule has 0 unspecified atom stereocenters. The maximum atomic E-state index is 12.0. The predicted molar refractivity (Wildman–Crippen MR) is 97.0 cm³/mol. The van der Waals surface area contributed by atoms with Crippen molar-refractivity contribution in [1.82, 2.24) is 5.32 Å². The van der Waals surface area contributed by atoms with Gasteiger partial charge in [0.1, 0.15) is 11.3 Å². The molecule has 1 N–H and O–H groups in total. The Morgan fingerprint density at radius 3 is 2.80 bits per heavy atom. The maximum Gasteiger partial charge on any atom is 0.336 e. The largest absolute Gasteiger partial charge is 0.484 e. The average molecular weight is 343 g/mol. The number of aryl methyl sites for hydroxylation is 1. The molecule has 1 fully saturated rings. The summed E-state index contributed by atoms with van der Waals surface area (Å²) in [4.78, 5) is 23.7. The highest BCUT2D eigenvalue weighted by Gasteiger charge is 2.16. The Bertz CT molecular complexity index is 790. The van der Waals surface area contributed by atoms with Crippen LogP contribution in [0, 0.1) is 0 Å². The monoisotopic (exact) mass is 343 g/mol. The normalized spacial score (nSPS) is 15.2. The van der Waals surface area contributed by atoms with Crippen molar-refractivity contribution < 1.29 is 13.9 Å². The second-order valence-corrected chi connectivity index (χ2v) is 6.69. The summed E-state index contributed by atoms with van der Waals surface area (Å²) >= 11 is 0. The Labute approximate surface area is 147 Å². The molecular formula is C20H25NO4. The molecule has 25 heavy (non-hydrogen) atoms. The topological polar surface area (TPSA) is 68.5 Å². The molecule has 1 aromatic heterocycles. The van der Waals surface area contributed by atoms with Crippen LogP contribution in [-0.2, 0) is 11.2 Å². The molecule has 0 aliphatic heterocycles. The van der Waals surface area contributed by atoms with Crippen molar-refractivity contribution in [2.45, 2.75) is 57.9 Å². The molecule has 1 saturated carbocycles. The molecule has 134 valence electrons. The van der Waals surface area contributed by atoms with E-state index in [1.54, 1.807) is 12.1 Å². The number of nitrogens with one attached hydrogen (secondary N) is 1. The van der Waals surface area contributed by atoms with Crippen molar-refractivity contribution >= 4 is 16.9 Å². The van der Waals surface area contributed by atoms with Gasteiger partial charge in [-0.3, -0.25) is 4.79 Å². The smallest absolute Gasteiger partial charge is 0.336 e. The number of benzene rings is 1. The zero-order chi connectivity index (χ0) is 17.6. The van der Waals surface area contributed by atoms with Crippen LogP contribution in [0.15, 0.2) is 33.5 Å². The van der Waals surface area contributed by atoms with Gasteiger partial charge in [-0.05, 0) is 37.0 Å². The van der Waals surface area contributed by atoms with Crippen LogP contribution in [0.1, 0.15) is 51.0 Å². The fourth-order valence-electron chi connectivity index (χ4n) is 3.44. The first-order valence-corrected chi connectivity index (χ1v) is 9.14. The number of carbonyl (C=O) groups is 1. The molecule has 1 heterocycles. The van der Waals surface area contributed by atoms with Crippen molar-refractivity contribution in [3.8, 4) is 5.75 Å². The highest BCUT2D eigenvalue weighted by molar-refractivity contribution is 5.82. The number of rotatable bonds is 6. The van der Waals surface area contributed by atoms with Crippen molar-refractivity contribution in [2.75, 3.05) is 6.61 Å². The molecule has 0 atom stereocenters. The van der Waals surface area contributed by atoms with Gasteiger partial charge in [-0.25, -0.2) is 4.79 Å². The van der Waals surface area contributed by atoms with Crippen LogP contribution in [0.3, 0.4) is 0 Å². The van der Waals surface area contributed by atoms with E-state index in [4.69, 9.17) is 9.15 Å². The molecule has 2 aromatic rings. The molecule has 0 saturated heterocycles. The second-order valence-electron chi connectivity index (χ2n) is 6.69. The number of hydrogen-bond donors (Lipinski definition) is 1. The Morgan fingerprint density at radius 2 is 2.04 bits per heavy atom. The minimum atomic E-state index is -0.358. The fourth-order valence-corrected chi connectivity index (χ4v) is 3.44. The van der Waals surface area contributed by atoms with E-state index in [2.05, 4.69) is 12.2 Å². The van der Waals surface area contributed by atoms with Crippen molar-refractivity contribution in [3.63, 3.8) is 0 Å². The minimum Gasteiger partial charge on any atom is -0.484 e. The van der Waals surface area contributed by atoms with Crippen molar-refractivity contribution in [1.29, 1.82) is 0 Å². The summed E-state index contributed by atoms with van der Waals surface area (Å²) in [6.07, 6.45) is 7.49. The Hall–Kier alpha value is -2.30. The summed E-state index contributed by atoms with van der Waals surface area (Å²) in [5, 5.41) is 3.94. The van der Waals surface area contributed by atoms with Gasteiger partial charge in [-0.2, -0.15) is 0 Å². The summed E-state index contributed by atoms with van der Waals surface area (Å²) in [7, 11) is 0. The molecular weight excluding hydrogens is 318 g/mol. The van der Waals surface area contributed by atoms with E-state index in [0.29, 0.717) is 11.3 Å². The van der Waals surface area contributed by atoms with Crippen molar-refractivity contribution in [3.05, 3.63) is 40.2 Å². The average Bonchev–Trinajstić information content (AvgIpc) is 2.60. The summed E-state index contributed by atoms with van der Waals surface area (Å²) in [5.74, 6) is 0.427. The molecule has 1 amide bonds. The number of ether oxygens (including phenoxy) is 1. The summed E-state index contributed by atoms with van der Waals surface area (Å²) in [6.45, 7) is 2.05. The molecule has 1 aromatic carbocycles. The molecule has 1 aliphatic rings. The van der Waals surface area contributed by atoms with Crippen LogP contribution in [0.5, 0.6) is 5.75 Å². The van der Waals surface area contributed by atoms with Gasteiger partial charge in [0.25, 0.3) is 5.91 Å². The first-order chi connectivity index (χ1) is 12.2. The van der Waals surface area contributed by atoms with E-state index in [1.165, 1.54) is 19.3 Å². The van der Waals surface area contributed by atoms with Gasteiger partial charge < -0.3 is 14.5 Å². The number of amides is 1. The highest BCUT2D eigenvalue weighted by Crippen LogP contribution is 2.23. The lowest BCUT2D eigenvalue weighted by atomic mass is 9.95. The Morgan fingerprint density at radius 1 is 1.24 bits per heavy atom. The van der Waals surface area contributed by atoms with Gasteiger partial charge in [0, 0.05) is 23.6 Å². The van der Waals surface area contributed by atoms with Gasteiger partial charge in [-0.1, -0.05) is 32.6 Å². The van der Waals surface area contributed by atoms with Gasteiger partial charge in [0.2, 0.25) is 0 Å². The van der Waals surface area contributed by atoms with Crippen LogP contribution < -0.4 is 15.7 Å². The number of hydrogen-bond acceptors (Lipinski definition) is 4. The van der Waals surface area contributed by atoms with E-state index in [9.17, 15) is 9.59 Å². The van der Waals surface area contributed by atoms with Crippen molar-refractivity contribution in [2.24, 2.45) is 0 Å². The Balaban J connectivity index is 1.65. The van der Waals surface area contributed by atoms with E-state index < -0.39 is 0 Å². The fraction of sp³-hybridized carbons (Fsp3) is 0.500. The predicted octanol–water partition coefficient (Wildman–Crippen LogP) is 3.57. The molecule has 5 heteroatoms. The lowest BCUT2D eigenvalue weighted by Crippen LogP contribution is -2.38. The van der Waals surface area contributed by atoms with Crippen LogP contribution in [0.4, 0.5) is 0 Å². The lowest BCUT2D eigenvalue weighted by Gasteiger charge is -2.22. The third kappa shape index (κ3) is 4.62. The molecule has 5 nitrogen and oxygen atoms in total. The van der Waals surface area contributed by atoms with Crippen LogP contribution in [0.25, 0.3) is 11.0 Å². The molecule has 0 bridgehead atoms. The summed E-state index contributed by atoms with van der Waals surface area (Å²) in [6, 6.07) is 7.21. The zero-order valence-corrected chi connectivity index (χ0v) is 14.7.